The van der Waals surface area contributed by atoms with Gasteiger partial charge in [0, 0.05) is 11.3 Å². The molecule has 2 bridgehead atoms. The predicted molar refractivity (Wildman–Crippen MR) is 72.8 cm³/mol. The Morgan fingerprint density at radius 1 is 1.32 bits per heavy atom. The Morgan fingerprint density at radius 3 is 2.74 bits per heavy atom. The number of ether oxygens (including phenoxy) is 1. The molecule has 1 aliphatic heterocycles. The largest absolute Gasteiger partial charge is 0.508 e. The Kier molecular flexibility index (Phi) is 3.11. The molecular formula is C16H20O3. The summed E-state index contributed by atoms with van der Waals surface area (Å²) in [4.78, 5) is 0. The summed E-state index contributed by atoms with van der Waals surface area (Å²) in [5, 5.41) is 19.0. The number of rotatable bonds is 2. The Bertz CT molecular complexity index is 491. The topological polar surface area (TPSA) is 49.7 Å². The van der Waals surface area contributed by atoms with Crippen LogP contribution in [0.15, 0.2) is 35.9 Å². The molecule has 1 fully saturated rings. The molecule has 1 aromatic carbocycles. The molecule has 1 unspecified atom stereocenters. The first-order chi connectivity index (χ1) is 9.13. The number of hydrogen-bond donors (Lipinski definition) is 2. The van der Waals surface area contributed by atoms with Crippen molar-refractivity contribution in [2.45, 2.75) is 25.9 Å². The Balaban J connectivity index is 1.91. The Labute approximate surface area is 113 Å². The van der Waals surface area contributed by atoms with Gasteiger partial charge in [-0.05, 0) is 37.5 Å². The number of fused-ring (bicyclic) bond motifs is 2. The summed E-state index contributed by atoms with van der Waals surface area (Å²) in [6.07, 6.45) is 4.18. The molecule has 1 aromatic rings. The van der Waals surface area contributed by atoms with Gasteiger partial charge in [-0.1, -0.05) is 23.8 Å². The quantitative estimate of drug-likeness (QED) is 0.804. The summed E-state index contributed by atoms with van der Waals surface area (Å²) < 4.78 is 6.05. The molecule has 0 aromatic heterocycles. The van der Waals surface area contributed by atoms with Crippen molar-refractivity contribution in [2.75, 3.05) is 13.2 Å². The van der Waals surface area contributed by atoms with E-state index in [1.807, 2.05) is 12.1 Å². The Hall–Kier alpha value is -1.32. The average molecular weight is 260 g/mol. The van der Waals surface area contributed by atoms with E-state index in [0.29, 0.717) is 12.5 Å². The summed E-state index contributed by atoms with van der Waals surface area (Å²) in [6, 6.07) is 7.25. The smallest absolute Gasteiger partial charge is 0.115 e. The fraction of sp³-hybridized carbons (Fsp3) is 0.500. The van der Waals surface area contributed by atoms with E-state index >= 15 is 0 Å². The van der Waals surface area contributed by atoms with Crippen LogP contribution in [0.4, 0.5) is 0 Å². The molecule has 3 nitrogen and oxygen atoms in total. The van der Waals surface area contributed by atoms with Crippen LogP contribution in [-0.2, 0) is 4.74 Å². The number of hydrogen-bond acceptors (Lipinski definition) is 3. The molecule has 1 heterocycles. The molecule has 0 amide bonds. The van der Waals surface area contributed by atoms with Gasteiger partial charge in [0.1, 0.15) is 5.75 Å². The van der Waals surface area contributed by atoms with Gasteiger partial charge in [-0.2, -0.15) is 0 Å². The second kappa shape index (κ2) is 4.66. The zero-order valence-corrected chi connectivity index (χ0v) is 11.2. The maximum Gasteiger partial charge on any atom is 0.115 e. The van der Waals surface area contributed by atoms with Crippen LogP contribution >= 0.6 is 0 Å². The summed E-state index contributed by atoms with van der Waals surface area (Å²) in [6.45, 7) is 2.94. The van der Waals surface area contributed by atoms with Crippen LogP contribution in [0, 0.1) is 11.3 Å². The van der Waals surface area contributed by atoms with Crippen LogP contribution in [0.1, 0.15) is 31.4 Å². The minimum atomic E-state index is -0.0857. The number of phenolic OH excluding ortho intramolecular Hbond substituents is 1. The molecule has 1 aliphatic carbocycles. The van der Waals surface area contributed by atoms with Crippen LogP contribution in [0.3, 0.4) is 0 Å². The van der Waals surface area contributed by atoms with Gasteiger partial charge in [0.2, 0.25) is 0 Å². The second-order valence-electron chi connectivity index (χ2n) is 5.94. The van der Waals surface area contributed by atoms with Crippen LogP contribution < -0.4 is 0 Å². The highest BCUT2D eigenvalue weighted by Crippen LogP contribution is 2.50. The lowest BCUT2D eigenvalue weighted by molar-refractivity contribution is -0.113. The highest BCUT2D eigenvalue weighted by molar-refractivity contribution is 5.30. The van der Waals surface area contributed by atoms with Crippen molar-refractivity contribution in [3.05, 3.63) is 41.5 Å². The fourth-order valence-corrected chi connectivity index (χ4v) is 3.25. The molecule has 3 rings (SSSR count). The van der Waals surface area contributed by atoms with E-state index in [9.17, 15) is 10.2 Å². The number of aromatic hydroxyl groups is 1. The zero-order valence-electron chi connectivity index (χ0n) is 11.2. The number of allylic oxidation sites excluding steroid dienone is 1. The summed E-state index contributed by atoms with van der Waals surface area (Å²) in [5.74, 6) is 0.611. The maximum absolute atomic E-state index is 9.63. The minimum absolute atomic E-state index is 0.0387. The first-order valence-corrected chi connectivity index (χ1v) is 6.82. The third-order valence-electron chi connectivity index (χ3n) is 4.59. The first-order valence-electron chi connectivity index (χ1n) is 6.82. The molecule has 2 aliphatic rings. The molecule has 19 heavy (non-hydrogen) atoms. The van der Waals surface area contributed by atoms with Gasteiger partial charge in [0.15, 0.2) is 0 Å². The van der Waals surface area contributed by atoms with Crippen LogP contribution in [0.5, 0.6) is 5.75 Å². The van der Waals surface area contributed by atoms with Crippen molar-refractivity contribution in [3.63, 3.8) is 0 Å². The van der Waals surface area contributed by atoms with Crippen LogP contribution in [0.2, 0.25) is 0 Å². The lowest BCUT2D eigenvalue weighted by Crippen LogP contribution is -2.43. The number of phenols is 1. The van der Waals surface area contributed by atoms with Gasteiger partial charge >= 0.3 is 0 Å². The highest BCUT2D eigenvalue weighted by atomic mass is 16.5. The molecule has 102 valence electrons. The lowest BCUT2D eigenvalue weighted by Gasteiger charge is -2.47. The standard InChI is InChI=1S/C16H20O3/c1-11-6-7-16(9-17)8-14(11)15(19-10-16)12-2-4-13(18)5-3-12/h2-6,14-15,17-18H,7-10H2,1H3/t14-,15?,16-/m0/s1. The lowest BCUT2D eigenvalue weighted by atomic mass is 9.67. The highest BCUT2D eigenvalue weighted by Gasteiger charge is 2.44. The van der Waals surface area contributed by atoms with Gasteiger partial charge in [-0.25, -0.2) is 0 Å². The van der Waals surface area contributed by atoms with E-state index in [2.05, 4.69) is 13.0 Å². The van der Waals surface area contributed by atoms with Crippen LogP contribution in [-0.4, -0.2) is 23.4 Å². The zero-order chi connectivity index (χ0) is 13.5. The molecule has 0 radical (unpaired) electrons. The average Bonchev–Trinajstić information content (AvgIpc) is 2.45. The van der Waals surface area contributed by atoms with Crippen molar-refractivity contribution in [3.8, 4) is 5.75 Å². The van der Waals surface area contributed by atoms with Crippen molar-refractivity contribution in [1.29, 1.82) is 0 Å². The molecule has 3 atom stereocenters. The molecular weight excluding hydrogens is 240 g/mol. The molecule has 2 N–H and O–H groups in total. The SMILES string of the molecule is CC1=CC[C@]2(CO)COC(c3ccc(O)cc3)[C@H]1C2. The number of aliphatic hydroxyl groups excluding tert-OH is 1. The van der Waals surface area contributed by atoms with Gasteiger partial charge in [-0.15, -0.1) is 0 Å². The van der Waals surface area contributed by atoms with Crippen molar-refractivity contribution < 1.29 is 14.9 Å². The van der Waals surface area contributed by atoms with Gasteiger partial charge in [0.05, 0.1) is 19.3 Å². The first kappa shape index (κ1) is 12.7. The fourth-order valence-electron chi connectivity index (χ4n) is 3.25. The second-order valence-corrected chi connectivity index (χ2v) is 5.94. The van der Waals surface area contributed by atoms with Crippen molar-refractivity contribution >= 4 is 0 Å². The monoisotopic (exact) mass is 260 g/mol. The molecule has 3 heteroatoms. The van der Waals surface area contributed by atoms with Crippen molar-refractivity contribution in [1.82, 2.24) is 0 Å². The third kappa shape index (κ3) is 2.17. The molecule has 0 saturated carbocycles. The third-order valence-corrected chi connectivity index (χ3v) is 4.59. The summed E-state index contributed by atoms with van der Waals surface area (Å²) in [5.41, 5.74) is 2.36. The van der Waals surface area contributed by atoms with Gasteiger partial charge in [-0.3, -0.25) is 0 Å². The minimum Gasteiger partial charge on any atom is -0.508 e. The van der Waals surface area contributed by atoms with E-state index in [1.54, 1.807) is 12.1 Å². The molecule has 0 spiro atoms. The predicted octanol–water partition coefficient (Wildman–Crippen LogP) is 2.80. The van der Waals surface area contributed by atoms with E-state index < -0.39 is 0 Å². The number of benzene rings is 1. The summed E-state index contributed by atoms with van der Waals surface area (Å²) in [7, 11) is 0. The van der Waals surface area contributed by atoms with Gasteiger partial charge in [0.25, 0.3) is 0 Å². The number of aliphatic hydroxyl groups is 1. The van der Waals surface area contributed by atoms with E-state index in [-0.39, 0.29) is 23.9 Å². The maximum atomic E-state index is 9.63. The van der Waals surface area contributed by atoms with E-state index in [1.165, 1.54) is 5.57 Å². The van der Waals surface area contributed by atoms with Crippen molar-refractivity contribution in [2.24, 2.45) is 11.3 Å². The normalized spacial score (nSPS) is 33.9. The molecule has 1 saturated heterocycles. The van der Waals surface area contributed by atoms with E-state index in [0.717, 1.165) is 18.4 Å². The Morgan fingerprint density at radius 2 is 2.05 bits per heavy atom. The van der Waals surface area contributed by atoms with Crippen LogP contribution in [0.25, 0.3) is 0 Å². The van der Waals surface area contributed by atoms with E-state index in [4.69, 9.17) is 4.74 Å². The van der Waals surface area contributed by atoms with Gasteiger partial charge < -0.3 is 14.9 Å². The summed E-state index contributed by atoms with van der Waals surface area (Å²) >= 11 is 0.